The van der Waals surface area contributed by atoms with E-state index >= 15 is 0 Å². The van der Waals surface area contributed by atoms with Gasteiger partial charge in [-0.05, 0) is 72.7 Å². The van der Waals surface area contributed by atoms with Crippen LogP contribution >= 0.6 is 11.8 Å². The van der Waals surface area contributed by atoms with Gasteiger partial charge in [-0.25, -0.2) is 13.1 Å². The first-order chi connectivity index (χ1) is 20.6. The molecule has 0 aliphatic heterocycles. The monoisotopic (exact) mass is 616 g/mol. The number of hydrogen-bond donors (Lipinski definition) is 3. The Morgan fingerprint density at radius 3 is 2.33 bits per heavy atom. The third-order valence-corrected chi connectivity index (χ3v) is 8.49. The van der Waals surface area contributed by atoms with Gasteiger partial charge in [0.2, 0.25) is 5.91 Å². The van der Waals surface area contributed by atoms with E-state index in [0.29, 0.717) is 18.0 Å². The van der Waals surface area contributed by atoms with Crippen molar-refractivity contribution in [2.75, 3.05) is 22.9 Å². The van der Waals surface area contributed by atoms with Gasteiger partial charge in [-0.1, -0.05) is 42.5 Å². The summed E-state index contributed by atoms with van der Waals surface area (Å²) in [7, 11) is -4.42. The highest BCUT2D eigenvalue weighted by molar-refractivity contribution is 7.99. The maximum absolute atomic E-state index is 12.9. The van der Waals surface area contributed by atoms with E-state index in [9.17, 15) is 28.1 Å². The lowest BCUT2D eigenvalue weighted by Crippen LogP contribution is -2.30. The number of nitro groups is 1. The minimum Gasteiger partial charge on any atom is -0.379 e. The van der Waals surface area contributed by atoms with Crippen molar-refractivity contribution in [3.05, 3.63) is 130 Å². The summed E-state index contributed by atoms with van der Waals surface area (Å²) in [5, 5.41) is 17.3. The van der Waals surface area contributed by atoms with Crippen LogP contribution < -0.4 is 15.4 Å². The van der Waals surface area contributed by atoms with E-state index in [-0.39, 0.29) is 17.2 Å². The van der Waals surface area contributed by atoms with Crippen molar-refractivity contribution in [1.82, 2.24) is 4.72 Å². The number of sulfonamides is 1. The fourth-order valence-corrected chi connectivity index (χ4v) is 5.70. The summed E-state index contributed by atoms with van der Waals surface area (Å²) < 4.78 is 27.7. The van der Waals surface area contributed by atoms with Gasteiger partial charge in [-0.2, -0.15) is 0 Å². The highest BCUT2D eigenvalue weighted by Crippen LogP contribution is 2.28. The zero-order valence-electron chi connectivity index (χ0n) is 23.0. The van der Waals surface area contributed by atoms with Crippen LogP contribution in [-0.2, 0) is 14.8 Å². The zero-order valence-corrected chi connectivity index (χ0v) is 24.7. The minimum absolute atomic E-state index is 0.0146. The first kappa shape index (κ1) is 31.0. The van der Waals surface area contributed by atoms with E-state index in [1.807, 2.05) is 66.2 Å². The van der Waals surface area contributed by atoms with E-state index in [0.717, 1.165) is 22.1 Å². The molecule has 4 rings (SSSR count). The fraction of sp³-hybridized carbons (Fsp3) is 0.0968. The Balaban J connectivity index is 1.36. The summed E-state index contributed by atoms with van der Waals surface area (Å²) in [6.07, 6.45) is 3.08. The number of carbonyl (C=O) groups excluding carboxylic acids is 2. The molecule has 4 aromatic carbocycles. The van der Waals surface area contributed by atoms with Crippen molar-refractivity contribution in [1.29, 1.82) is 0 Å². The van der Waals surface area contributed by atoms with Crippen LogP contribution in [0.3, 0.4) is 0 Å². The molecule has 0 aliphatic rings. The summed E-state index contributed by atoms with van der Waals surface area (Å²) in [5.74, 6) is -0.679. The third-order valence-electron chi connectivity index (χ3n) is 6.15. The highest BCUT2D eigenvalue weighted by atomic mass is 32.2. The van der Waals surface area contributed by atoms with Crippen molar-refractivity contribution in [2.45, 2.75) is 16.7 Å². The van der Waals surface area contributed by atoms with Gasteiger partial charge in [-0.3, -0.25) is 19.7 Å². The maximum Gasteiger partial charge on any atom is 0.293 e. The summed E-state index contributed by atoms with van der Waals surface area (Å²) in [6.45, 7) is 2.34. The molecule has 0 bridgehead atoms. The fourth-order valence-electron chi connectivity index (χ4n) is 3.92. The molecule has 0 heterocycles. The Kier molecular flexibility index (Phi) is 10.3. The molecule has 0 unspecified atom stereocenters. The Morgan fingerprint density at radius 2 is 1.63 bits per heavy atom. The van der Waals surface area contributed by atoms with Crippen LogP contribution in [0.4, 0.5) is 17.1 Å². The van der Waals surface area contributed by atoms with Crippen molar-refractivity contribution in [3.63, 3.8) is 0 Å². The Hall–Kier alpha value is -4.94. The molecule has 2 amide bonds. The molecule has 43 heavy (non-hydrogen) atoms. The second kappa shape index (κ2) is 14.3. The van der Waals surface area contributed by atoms with Gasteiger partial charge in [0.05, 0.1) is 9.82 Å². The quantitative estimate of drug-likeness (QED) is 0.0588. The molecule has 0 fully saturated rings. The average molecular weight is 617 g/mol. The topological polar surface area (TPSA) is 148 Å². The van der Waals surface area contributed by atoms with Gasteiger partial charge in [0, 0.05) is 40.6 Å². The normalized spacial score (nSPS) is 11.2. The van der Waals surface area contributed by atoms with Gasteiger partial charge in [0.1, 0.15) is 5.69 Å². The second-order valence-corrected chi connectivity index (χ2v) is 12.1. The Bertz CT molecular complexity index is 1760. The Labute approximate surface area is 253 Å². The average Bonchev–Trinajstić information content (AvgIpc) is 2.99. The van der Waals surface area contributed by atoms with Gasteiger partial charge in [-0.15, -0.1) is 11.8 Å². The number of thioether (sulfide) groups is 1. The van der Waals surface area contributed by atoms with Crippen LogP contribution in [-0.4, -0.2) is 37.5 Å². The number of anilines is 2. The lowest BCUT2D eigenvalue weighted by Gasteiger charge is -2.11. The van der Waals surface area contributed by atoms with Crippen LogP contribution in [0.1, 0.15) is 21.5 Å². The maximum atomic E-state index is 12.9. The third kappa shape index (κ3) is 8.77. The van der Waals surface area contributed by atoms with E-state index in [2.05, 4.69) is 10.6 Å². The minimum atomic E-state index is -4.42. The van der Waals surface area contributed by atoms with Crippen LogP contribution in [0, 0.1) is 17.0 Å². The van der Waals surface area contributed by atoms with Crippen LogP contribution in [0.15, 0.2) is 113 Å². The summed E-state index contributed by atoms with van der Waals surface area (Å²) in [5.41, 5.74) is 2.07. The molecule has 0 saturated heterocycles. The van der Waals surface area contributed by atoms with E-state index in [1.54, 1.807) is 17.8 Å². The number of nitrogens with zero attached hydrogens (tertiary/aromatic N) is 1. The van der Waals surface area contributed by atoms with Crippen molar-refractivity contribution < 1.29 is 22.9 Å². The summed E-state index contributed by atoms with van der Waals surface area (Å²) in [4.78, 5) is 36.6. The van der Waals surface area contributed by atoms with Crippen LogP contribution in [0.25, 0.3) is 6.08 Å². The number of hydrogen-bond acceptors (Lipinski definition) is 8. The van der Waals surface area contributed by atoms with Crippen molar-refractivity contribution >= 4 is 56.7 Å². The molecule has 3 N–H and O–H groups in total. The molecule has 12 heteroatoms. The molecular weight excluding hydrogens is 588 g/mol. The summed E-state index contributed by atoms with van der Waals surface area (Å²) >= 11 is 1.57. The highest BCUT2D eigenvalue weighted by Gasteiger charge is 2.24. The van der Waals surface area contributed by atoms with Gasteiger partial charge >= 0.3 is 0 Å². The predicted molar refractivity (Wildman–Crippen MR) is 169 cm³/mol. The molecule has 220 valence electrons. The zero-order chi connectivity index (χ0) is 30.8. The molecule has 0 atom stereocenters. The van der Waals surface area contributed by atoms with Crippen molar-refractivity contribution in [3.8, 4) is 0 Å². The number of nitro benzene ring substituents is 1. The molecule has 0 radical (unpaired) electrons. The van der Waals surface area contributed by atoms with E-state index < -0.39 is 31.4 Å². The molecule has 10 nitrogen and oxygen atoms in total. The predicted octanol–water partition coefficient (Wildman–Crippen LogP) is 5.88. The number of aryl methyl sites for hydroxylation is 1. The van der Waals surface area contributed by atoms with Crippen LogP contribution in [0.5, 0.6) is 0 Å². The van der Waals surface area contributed by atoms with Gasteiger partial charge in [0.25, 0.3) is 21.6 Å². The number of rotatable bonds is 12. The standard InChI is InChI=1S/C31H28N4O6S2/c1-22-7-5-6-8-23(22)13-18-30(36)33-25-14-11-24(12-15-25)31(37)34-43(40,41)27-16-17-28(29(21-27)35(38)39)32-19-20-42-26-9-3-2-4-10-26/h2-18,21,32H,19-20H2,1H3,(H,33,36)(H,34,37). The number of amides is 2. The Morgan fingerprint density at radius 1 is 0.930 bits per heavy atom. The number of nitrogens with one attached hydrogen (secondary N) is 3. The van der Waals surface area contributed by atoms with Crippen LogP contribution in [0.2, 0.25) is 0 Å². The first-order valence-electron chi connectivity index (χ1n) is 13.0. The number of carbonyl (C=O) groups is 2. The lowest BCUT2D eigenvalue weighted by molar-refractivity contribution is -0.384. The second-order valence-electron chi connectivity index (χ2n) is 9.22. The van der Waals surface area contributed by atoms with Gasteiger partial charge in [0.15, 0.2) is 0 Å². The molecule has 0 aliphatic carbocycles. The van der Waals surface area contributed by atoms with E-state index in [4.69, 9.17) is 0 Å². The van der Waals surface area contributed by atoms with Crippen molar-refractivity contribution in [2.24, 2.45) is 0 Å². The molecular formula is C31H28N4O6S2. The summed E-state index contributed by atoms with van der Waals surface area (Å²) in [6, 6.07) is 26.3. The molecule has 0 saturated carbocycles. The lowest BCUT2D eigenvalue weighted by atomic mass is 10.1. The van der Waals surface area contributed by atoms with E-state index in [1.165, 1.54) is 42.5 Å². The largest absolute Gasteiger partial charge is 0.379 e. The first-order valence-corrected chi connectivity index (χ1v) is 15.5. The smallest absolute Gasteiger partial charge is 0.293 e. The molecule has 0 spiro atoms. The van der Waals surface area contributed by atoms with Gasteiger partial charge < -0.3 is 10.6 Å². The number of benzene rings is 4. The molecule has 4 aromatic rings. The molecule has 0 aromatic heterocycles. The SMILES string of the molecule is Cc1ccccc1C=CC(=O)Nc1ccc(C(=O)NS(=O)(=O)c2ccc(NCCSc3ccccc3)c([N+](=O)[O-])c2)cc1.